The summed E-state index contributed by atoms with van der Waals surface area (Å²) in [4.78, 5) is 22.0. The van der Waals surface area contributed by atoms with Crippen molar-refractivity contribution in [1.82, 2.24) is 0 Å². The number of rotatable bonds is 0. The van der Waals surface area contributed by atoms with Crippen molar-refractivity contribution in [2.45, 2.75) is 6.92 Å². The van der Waals surface area contributed by atoms with Gasteiger partial charge in [0.25, 0.3) is 0 Å². The summed E-state index contributed by atoms with van der Waals surface area (Å²) < 4.78 is 0. The zero-order chi connectivity index (χ0) is 9.46. The summed E-state index contributed by atoms with van der Waals surface area (Å²) in [7, 11) is 0. The molecule has 0 bridgehead atoms. The summed E-state index contributed by atoms with van der Waals surface area (Å²) in [5.41, 5.74) is 0.135. The van der Waals surface area contributed by atoms with Crippen LogP contribution >= 0.6 is 34.8 Å². The minimum absolute atomic E-state index is 0.0475. The van der Waals surface area contributed by atoms with Crippen LogP contribution in [0.5, 0.6) is 0 Å². The van der Waals surface area contributed by atoms with Crippen molar-refractivity contribution in [3.05, 3.63) is 20.7 Å². The van der Waals surface area contributed by atoms with Gasteiger partial charge in [-0.1, -0.05) is 34.8 Å². The first-order valence-corrected chi connectivity index (χ1v) is 4.11. The standard InChI is InChI=1S/C7H3Cl3O2/c1-2-3(8)4(9)5(10)7(12)6(2)11/h1H3. The number of carbonyl (C=O) groups excluding carboxylic acids is 2. The Morgan fingerprint density at radius 3 is 1.83 bits per heavy atom. The highest BCUT2D eigenvalue weighted by Crippen LogP contribution is 2.33. The Hall–Kier alpha value is -0.310. The van der Waals surface area contributed by atoms with Gasteiger partial charge in [-0.05, 0) is 6.92 Å². The van der Waals surface area contributed by atoms with Gasteiger partial charge in [-0.15, -0.1) is 0 Å². The average molecular weight is 225 g/mol. The summed E-state index contributed by atoms with van der Waals surface area (Å²) in [6.07, 6.45) is 0. The predicted molar refractivity (Wildman–Crippen MR) is 47.3 cm³/mol. The van der Waals surface area contributed by atoms with Crippen LogP contribution in [0, 0.1) is 0 Å². The summed E-state index contributed by atoms with van der Waals surface area (Å²) in [6, 6.07) is 0. The van der Waals surface area contributed by atoms with E-state index in [9.17, 15) is 9.59 Å². The first-order valence-electron chi connectivity index (χ1n) is 2.98. The second-order valence-electron chi connectivity index (χ2n) is 2.23. The maximum Gasteiger partial charge on any atom is 0.246 e. The maximum atomic E-state index is 11.0. The molecule has 0 aliphatic heterocycles. The van der Waals surface area contributed by atoms with Crippen molar-refractivity contribution in [3.63, 3.8) is 0 Å². The number of ketones is 2. The lowest BCUT2D eigenvalue weighted by atomic mass is 10.0. The first kappa shape index (κ1) is 9.78. The van der Waals surface area contributed by atoms with Crippen molar-refractivity contribution < 1.29 is 9.59 Å². The van der Waals surface area contributed by atoms with Gasteiger partial charge < -0.3 is 0 Å². The Kier molecular flexibility index (Phi) is 2.61. The Labute approximate surface area is 83.8 Å². The molecule has 0 unspecified atom stereocenters. The molecule has 5 heteroatoms. The topological polar surface area (TPSA) is 34.1 Å². The van der Waals surface area contributed by atoms with Gasteiger partial charge in [-0.25, -0.2) is 0 Å². The zero-order valence-electron chi connectivity index (χ0n) is 5.95. The number of halogens is 3. The molecule has 0 radical (unpaired) electrons. The maximum absolute atomic E-state index is 11.0. The van der Waals surface area contributed by atoms with Crippen molar-refractivity contribution in [2.75, 3.05) is 0 Å². The summed E-state index contributed by atoms with van der Waals surface area (Å²) >= 11 is 16.6. The summed E-state index contributed by atoms with van der Waals surface area (Å²) in [6.45, 7) is 1.42. The Balaban J connectivity index is 3.37. The van der Waals surface area contributed by atoms with Crippen LogP contribution in [0.3, 0.4) is 0 Å². The highest BCUT2D eigenvalue weighted by molar-refractivity contribution is 6.67. The molecule has 0 atom stereocenters. The van der Waals surface area contributed by atoms with E-state index in [1.807, 2.05) is 0 Å². The lowest BCUT2D eigenvalue weighted by molar-refractivity contribution is -0.131. The number of hydrogen-bond donors (Lipinski definition) is 0. The summed E-state index contributed by atoms with van der Waals surface area (Å²) in [5.74, 6) is -1.50. The number of Topliss-reactive ketones (excluding diaryl/α,β-unsaturated/α-hetero) is 2. The molecule has 1 aliphatic carbocycles. The van der Waals surface area contributed by atoms with Gasteiger partial charge >= 0.3 is 0 Å². The van der Waals surface area contributed by atoms with Crippen molar-refractivity contribution >= 4 is 46.4 Å². The van der Waals surface area contributed by atoms with E-state index in [0.717, 1.165) is 0 Å². The molecule has 0 N–H and O–H groups in total. The molecular formula is C7H3Cl3O2. The van der Waals surface area contributed by atoms with Gasteiger partial charge in [0.2, 0.25) is 11.6 Å². The van der Waals surface area contributed by atoms with Gasteiger partial charge in [-0.3, -0.25) is 9.59 Å². The van der Waals surface area contributed by atoms with Crippen LogP contribution in [0.4, 0.5) is 0 Å². The molecule has 0 amide bonds. The van der Waals surface area contributed by atoms with Crippen LogP contribution in [0.15, 0.2) is 20.7 Å². The summed E-state index contributed by atoms with van der Waals surface area (Å²) in [5, 5.41) is -0.316. The third-order valence-corrected chi connectivity index (χ3v) is 2.87. The highest BCUT2D eigenvalue weighted by Gasteiger charge is 2.30. The van der Waals surface area contributed by atoms with Crippen LogP contribution in [-0.2, 0) is 9.59 Å². The fourth-order valence-corrected chi connectivity index (χ4v) is 1.37. The van der Waals surface area contributed by atoms with E-state index >= 15 is 0 Å². The molecule has 0 aromatic carbocycles. The SMILES string of the molecule is CC1=C(Cl)C(Cl)=C(Cl)C(=O)C1=O. The molecule has 1 rings (SSSR count). The largest absolute Gasteiger partial charge is 0.285 e. The van der Waals surface area contributed by atoms with Gasteiger partial charge in [0, 0.05) is 5.57 Å². The lowest BCUT2D eigenvalue weighted by Gasteiger charge is -2.10. The molecule has 64 valence electrons. The second-order valence-corrected chi connectivity index (χ2v) is 3.36. The van der Waals surface area contributed by atoms with Gasteiger partial charge in [0.1, 0.15) is 5.03 Å². The molecule has 0 aromatic heterocycles. The van der Waals surface area contributed by atoms with Crippen LogP contribution in [0.25, 0.3) is 0 Å². The minimum Gasteiger partial charge on any atom is -0.285 e. The number of allylic oxidation sites excluding steroid dienone is 4. The van der Waals surface area contributed by atoms with Crippen LogP contribution in [0.2, 0.25) is 0 Å². The third-order valence-electron chi connectivity index (χ3n) is 1.46. The Bertz CT molecular complexity index is 289. The van der Waals surface area contributed by atoms with Gasteiger partial charge in [0.05, 0.1) is 10.1 Å². The van der Waals surface area contributed by atoms with E-state index in [-0.39, 0.29) is 20.7 Å². The Morgan fingerprint density at radius 2 is 1.33 bits per heavy atom. The van der Waals surface area contributed by atoms with Crippen LogP contribution in [-0.4, -0.2) is 11.6 Å². The monoisotopic (exact) mass is 224 g/mol. The van der Waals surface area contributed by atoms with Crippen molar-refractivity contribution in [3.8, 4) is 0 Å². The van der Waals surface area contributed by atoms with E-state index in [1.165, 1.54) is 6.92 Å². The number of hydrogen-bond acceptors (Lipinski definition) is 2. The molecule has 0 fully saturated rings. The van der Waals surface area contributed by atoms with Gasteiger partial charge in [0.15, 0.2) is 0 Å². The van der Waals surface area contributed by atoms with Crippen molar-refractivity contribution in [1.29, 1.82) is 0 Å². The minimum atomic E-state index is -0.802. The fraction of sp³-hybridized carbons (Fsp3) is 0.143. The first-order chi connectivity index (χ1) is 5.46. The number of carbonyl (C=O) groups is 2. The molecule has 0 saturated carbocycles. The smallest absolute Gasteiger partial charge is 0.246 e. The molecule has 0 spiro atoms. The van der Waals surface area contributed by atoms with Gasteiger partial charge in [-0.2, -0.15) is 0 Å². The molecule has 0 heterocycles. The van der Waals surface area contributed by atoms with Crippen molar-refractivity contribution in [2.24, 2.45) is 0 Å². The molecule has 1 aliphatic rings. The molecule has 0 aromatic rings. The molecule has 0 saturated heterocycles. The zero-order valence-corrected chi connectivity index (χ0v) is 8.22. The average Bonchev–Trinajstić information content (AvgIpc) is 2.08. The van der Waals surface area contributed by atoms with Crippen LogP contribution in [0.1, 0.15) is 6.92 Å². The fourth-order valence-electron chi connectivity index (χ4n) is 0.730. The normalized spacial score (nSPS) is 19.3. The lowest BCUT2D eigenvalue weighted by Crippen LogP contribution is -2.20. The molecule has 12 heavy (non-hydrogen) atoms. The van der Waals surface area contributed by atoms with E-state index in [0.29, 0.717) is 0 Å². The van der Waals surface area contributed by atoms with E-state index < -0.39 is 11.6 Å². The van der Waals surface area contributed by atoms with E-state index in [1.54, 1.807) is 0 Å². The molecule has 2 nitrogen and oxygen atoms in total. The highest BCUT2D eigenvalue weighted by atomic mass is 35.5. The predicted octanol–water partition coefficient (Wildman–Crippen LogP) is 2.34. The second kappa shape index (κ2) is 3.21. The van der Waals surface area contributed by atoms with Crippen LogP contribution < -0.4 is 0 Å². The molecular weight excluding hydrogens is 222 g/mol. The van der Waals surface area contributed by atoms with E-state index in [4.69, 9.17) is 34.8 Å². The third kappa shape index (κ3) is 1.30. The quantitative estimate of drug-likeness (QED) is 0.468. The van der Waals surface area contributed by atoms with E-state index in [2.05, 4.69) is 0 Å². The Morgan fingerprint density at radius 1 is 0.833 bits per heavy atom.